The molecule has 1 saturated heterocycles. The largest absolute Gasteiger partial charge is 0.345 e. The van der Waals surface area contributed by atoms with Gasteiger partial charge in [-0.1, -0.05) is 17.9 Å². The molecule has 1 amide bonds. The fourth-order valence-corrected chi connectivity index (χ4v) is 3.37. The van der Waals surface area contributed by atoms with Crippen LogP contribution in [0.15, 0.2) is 30.9 Å². The van der Waals surface area contributed by atoms with E-state index in [1.54, 1.807) is 11.3 Å². The number of carbonyl (C=O) groups is 1. The normalized spacial score (nSPS) is 16.1. The smallest absolute Gasteiger partial charge is 0.247 e. The van der Waals surface area contributed by atoms with E-state index in [-0.39, 0.29) is 5.91 Å². The highest BCUT2D eigenvalue weighted by Crippen LogP contribution is 2.31. The van der Waals surface area contributed by atoms with E-state index in [4.69, 9.17) is 4.98 Å². The number of anilines is 2. The van der Waals surface area contributed by atoms with Crippen molar-refractivity contribution in [3.63, 3.8) is 0 Å². The fraction of sp³-hybridized carbons (Fsp3) is 0.333. The predicted molar refractivity (Wildman–Crippen MR) is 88.2 cm³/mol. The lowest BCUT2D eigenvalue weighted by Crippen LogP contribution is -2.44. The van der Waals surface area contributed by atoms with Crippen LogP contribution in [0.1, 0.15) is 0 Å². The Morgan fingerprint density at radius 2 is 2.14 bits per heavy atom. The van der Waals surface area contributed by atoms with E-state index in [0.717, 1.165) is 47.2 Å². The first-order valence-corrected chi connectivity index (χ1v) is 7.75. The number of amides is 1. The number of nitrogens with zero attached hydrogens (tertiary/aromatic N) is 3. The molecule has 0 saturated carbocycles. The SMILES string of the molecule is C=CC(=O)Nc1ccc2nc(N3CCN(C)CC3)sc2c1. The molecule has 0 aliphatic carbocycles. The minimum atomic E-state index is -0.196. The van der Waals surface area contributed by atoms with E-state index in [1.165, 1.54) is 6.08 Å². The number of hydrogen-bond donors (Lipinski definition) is 1. The van der Waals surface area contributed by atoms with E-state index in [1.807, 2.05) is 18.2 Å². The number of nitrogens with one attached hydrogen (secondary N) is 1. The molecular weight excluding hydrogens is 284 g/mol. The number of aromatic nitrogens is 1. The molecule has 0 bridgehead atoms. The van der Waals surface area contributed by atoms with Crippen LogP contribution in [0.2, 0.25) is 0 Å². The molecule has 0 unspecified atom stereocenters. The van der Waals surface area contributed by atoms with E-state index < -0.39 is 0 Å². The number of likely N-dealkylation sites (N-methyl/N-ethyl adjacent to an activating group) is 1. The van der Waals surface area contributed by atoms with Crippen molar-refractivity contribution in [2.75, 3.05) is 43.4 Å². The van der Waals surface area contributed by atoms with Crippen molar-refractivity contribution in [2.45, 2.75) is 0 Å². The minimum Gasteiger partial charge on any atom is -0.345 e. The molecular formula is C15H18N4OS. The highest BCUT2D eigenvalue weighted by atomic mass is 32.1. The summed E-state index contributed by atoms with van der Waals surface area (Å²) >= 11 is 1.67. The van der Waals surface area contributed by atoms with Crippen LogP contribution < -0.4 is 10.2 Å². The van der Waals surface area contributed by atoms with E-state index >= 15 is 0 Å². The first-order chi connectivity index (χ1) is 10.2. The van der Waals surface area contributed by atoms with Gasteiger partial charge in [0.1, 0.15) is 0 Å². The maximum atomic E-state index is 11.3. The number of hydrogen-bond acceptors (Lipinski definition) is 5. The quantitative estimate of drug-likeness (QED) is 0.883. The summed E-state index contributed by atoms with van der Waals surface area (Å²) in [7, 11) is 2.14. The summed E-state index contributed by atoms with van der Waals surface area (Å²) in [6.45, 7) is 7.61. The summed E-state index contributed by atoms with van der Waals surface area (Å²) in [5.41, 5.74) is 1.76. The Hall–Kier alpha value is -1.92. The molecule has 1 aliphatic rings. The molecule has 2 heterocycles. The summed E-state index contributed by atoms with van der Waals surface area (Å²) in [6, 6.07) is 5.79. The minimum absolute atomic E-state index is 0.196. The molecule has 0 atom stereocenters. The molecule has 0 radical (unpaired) electrons. The van der Waals surface area contributed by atoms with Gasteiger partial charge in [0.25, 0.3) is 0 Å². The van der Waals surface area contributed by atoms with Gasteiger partial charge in [-0.25, -0.2) is 4.98 Å². The number of benzene rings is 1. The highest BCUT2D eigenvalue weighted by Gasteiger charge is 2.17. The molecule has 5 nitrogen and oxygen atoms in total. The summed E-state index contributed by atoms with van der Waals surface area (Å²) in [5.74, 6) is -0.196. The average Bonchev–Trinajstić information content (AvgIpc) is 2.91. The zero-order valence-electron chi connectivity index (χ0n) is 12.0. The van der Waals surface area contributed by atoms with Gasteiger partial charge < -0.3 is 15.1 Å². The first kappa shape index (κ1) is 14.0. The number of carbonyl (C=O) groups excluding carboxylic acids is 1. The number of piperazine rings is 1. The molecule has 21 heavy (non-hydrogen) atoms. The molecule has 3 rings (SSSR count). The monoisotopic (exact) mass is 302 g/mol. The second-order valence-electron chi connectivity index (χ2n) is 5.16. The fourth-order valence-electron chi connectivity index (χ4n) is 2.32. The Morgan fingerprint density at radius 1 is 1.38 bits per heavy atom. The Bertz CT molecular complexity index is 673. The molecule has 1 aromatic carbocycles. The number of thiazole rings is 1. The maximum Gasteiger partial charge on any atom is 0.247 e. The van der Waals surface area contributed by atoms with E-state index in [9.17, 15) is 4.79 Å². The zero-order chi connectivity index (χ0) is 14.8. The van der Waals surface area contributed by atoms with Crippen LogP contribution in [0.25, 0.3) is 10.2 Å². The Morgan fingerprint density at radius 3 is 2.86 bits per heavy atom. The van der Waals surface area contributed by atoms with Crippen molar-refractivity contribution in [3.05, 3.63) is 30.9 Å². The van der Waals surface area contributed by atoms with Gasteiger partial charge in [-0.05, 0) is 31.3 Å². The van der Waals surface area contributed by atoms with Crippen LogP contribution in [0.5, 0.6) is 0 Å². The lowest BCUT2D eigenvalue weighted by molar-refractivity contribution is -0.111. The third-order valence-electron chi connectivity index (χ3n) is 3.60. The predicted octanol–water partition coefficient (Wildman–Crippen LogP) is 2.17. The van der Waals surface area contributed by atoms with Crippen LogP contribution in [0.3, 0.4) is 0 Å². The summed E-state index contributed by atoms with van der Waals surface area (Å²) in [5, 5.41) is 3.84. The third kappa shape index (κ3) is 3.06. The Balaban J connectivity index is 1.83. The highest BCUT2D eigenvalue weighted by molar-refractivity contribution is 7.22. The van der Waals surface area contributed by atoms with Crippen LogP contribution in [0, 0.1) is 0 Å². The number of fused-ring (bicyclic) bond motifs is 1. The van der Waals surface area contributed by atoms with Crippen molar-refractivity contribution in [2.24, 2.45) is 0 Å². The Labute approximate surface area is 127 Å². The van der Waals surface area contributed by atoms with Crippen molar-refractivity contribution in [1.29, 1.82) is 0 Å². The Kier molecular flexibility index (Phi) is 3.90. The van der Waals surface area contributed by atoms with Crippen LogP contribution in [-0.4, -0.2) is 49.0 Å². The first-order valence-electron chi connectivity index (χ1n) is 6.93. The second kappa shape index (κ2) is 5.83. The standard InChI is InChI=1S/C15H18N4OS/c1-3-14(20)16-11-4-5-12-13(10-11)21-15(17-12)19-8-6-18(2)7-9-19/h3-5,10H,1,6-9H2,2H3,(H,16,20). The third-order valence-corrected chi connectivity index (χ3v) is 4.68. The van der Waals surface area contributed by atoms with Gasteiger partial charge in [0.15, 0.2) is 5.13 Å². The topological polar surface area (TPSA) is 48.5 Å². The van der Waals surface area contributed by atoms with Crippen LogP contribution in [-0.2, 0) is 4.79 Å². The van der Waals surface area contributed by atoms with Crippen molar-refractivity contribution in [1.82, 2.24) is 9.88 Å². The van der Waals surface area contributed by atoms with Gasteiger partial charge in [0.2, 0.25) is 5.91 Å². The maximum absolute atomic E-state index is 11.3. The second-order valence-corrected chi connectivity index (χ2v) is 6.17. The van der Waals surface area contributed by atoms with E-state index in [2.05, 4.69) is 28.7 Å². The van der Waals surface area contributed by atoms with Gasteiger partial charge in [-0.3, -0.25) is 4.79 Å². The zero-order valence-corrected chi connectivity index (χ0v) is 12.8. The van der Waals surface area contributed by atoms with Crippen molar-refractivity contribution in [3.8, 4) is 0 Å². The van der Waals surface area contributed by atoms with Gasteiger partial charge in [-0.15, -0.1) is 0 Å². The van der Waals surface area contributed by atoms with Crippen LogP contribution in [0.4, 0.5) is 10.8 Å². The van der Waals surface area contributed by atoms with Crippen LogP contribution >= 0.6 is 11.3 Å². The number of rotatable bonds is 3. The van der Waals surface area contributed by atoms with Gasteiger partial charge in [0, 0.05) is 31.9 Å². The van der Waals surface area contributed by atoms with Gasteiger partial charge >= 0.3 is 0 Å². The molecule has 1 aromatic heterocycles. The average molecular weight is 302 g/mol. The molecule has 2 aromatic rings. The van der Waals surface area contributed by atoms with E-state index in [0.29, 0.717) is 0 Å². The molecule has 1 N–H and O–H groups in total. The summed E-state index contributed by atoms with van der Waals surface area (Å²) in [6.07, 6.45) is 1.27. The lowest BCUT2D eigenvalue weighted by Gasteiger charge is -2.31. The van der Waals surface area contributed by atoms with Crippen molar-refractivity contribution < 1.29 is 4.79 Å². The molecule has 1 fully saturated rings. The molecule has 1 aliphatic heterocycles. The van der Waals surface area contributed by atoms with Crippen molar-refractivity contribution >= 4 is 38.3 Å². The molecule has 110 valence electrons. The summed E-state index contributed by atoms with van der Waals surface area (Å²) < 4.78 is 1.09. The molecule has 0 spiro atoms. The van der Waals surface area contributed by atoms with Gasteiger partial charge in [-0.2, -0.15) is 0 Å². The molecule has 6 heteroatoms. The summed E-state index contributed by atoms with van der Waals surface area (Å²) in [4.78, 5) is 20.7. The lowest BCUT2D eigenvalue weighted by atomic mass is 10.3. The van der Waals surface area contributed by atoms with Gasteiger partial charge in [0.05, 0.1) is 10.2 Å².